The normalized spacial score (nSPS) is 10.1. The largest absolute Gasteiger partial charge is 0.483 e. The molecule has 0 aliphatic rings. The van der Waals surface area contributed by atoms with E-state index >= 15 is 0 Å². The fraction of sp³-hybridized carbons (Fsp3) is 0.211. The van der Waals surface area contributed by atoms with Crippen LogP contribution < -0.4 is 14.8 Å². The molecular formula is C19H19NO6. The maximum absolute atomic E-state index is 12.1. The number of hydrogen-bond donors (Lipinski definition) is 2. The molecule has 7 nitrogen and oxygen atoms in total. The zero-order valence-corrected chi connectivity index (χ0v) is 14.7. The van der Waals surface area contributed by atoms with Gasteiger partial charge in [-0.05, 0) is 49.2 Å². The summed E-state index contributed by atoms with van der Waals surface area (Å²) in [5.74, 6) is -1.67. The molecule has 0 saturated carbocycles. The lowest BCUT2D eigenvalue weighted by Crippen LogP contribution is -2.22. The summed E-state index contributed by atoms with van der Waals surface area (Å²) in [6.07, 6.45) is 0. The first-order valence-corrected chi connectivity index (χ1v) is 7.82. The SMILES string of the molecule is CC(=O)Oc1ccc(NC(=O)COc2cccc(C)c2C)c(C(=O)O)c1. The highest BCUT2D eigenvalue weighted by Crippen LogP contribution is 2.23. The van der Waals surface area contributed by atoms with Crippen LogP contribution in [0.5, 0.6) is 11.5 Å². The number of rotatable bonds is 6. The van der Waals surface area contributed by atoms with E-state index in [0.29, 0.717) is 5.75 Å². The minimum Gasteiger partial charge on any atom is -0.483 e. The molecular weight excluding hydrogens is 338 g/mol. The van der Waals surface area contributed by atoms with Crippen molar-refractivity contribution in [1.82, 2.24) is 0 Å². The van der Waals surface area contributed by atoms with Gasteiger partial charge in [-0.1, -0.05) is 12.1 Å². The van der Waals surface area contributed by atoms with Gasteiger partial charge in [0.05, 0.1) is 11.3 Å². The summed E-state index contributed by atoms with van der Waals surface area (Å²) in [5.41, 5.74) is 1.86. The molecule has 2 rings (SSSR count). The summed E-state index contributed by atoms with van der Waals surface area (Å²) in [7, 11) is 0. The smallest absolute Gasteiger partial charge is 0.337 e. The number of esters is 1. The zero-order valence-electron chi connectivity index (χ0n) is 14.7. The van der Waals surface area contributed by atoms with Gasteiger partial charge in [0.1, 0.15) is 11.5 Å². The Bertz CT molecular complexity index is 859. The van der Waals surface area contributed by atoms with Gasteiger partial charge >= 0.3 is 11.9 Å². The topological polar surface area (TPSA) is 102 Å². The van der Waals surface area contributed by atoms with Gasteiger partial charge in [0.25, 0.3) is 5.91 Å². The number of anilines is 1. The molecule has 136 valence electrons. The maximum Gasteiger partial charge on any atom is 0.337 e. The summed E-state index contributed by atoms with van der Waals surface area (Å²) >= 11 is 0. The quantitative estimate of drug-likeness (QED) is 0.609. The first-order valence-electron chi connectivity index (χ1n) is 7.82. The molecule has 0 aliphatic carbocycles. The van der Waals surface area contributed by atoms with Crippen molar-refractivity contribution in [2.75, 3.05) is 11.9 Å². The summed E-state index contributed by atoms with van der Waals surface area (Å²) in [4.78, 5) is 34.5. The third kappa shape index (κ3) is 4.83. The Kier molecular flexibility index (Phi) is 5.95. The molecule has 2 N–H and O–H groups in total. The fourth-order valence-corrected chi connectivity index (χ4v) is 2.25. The molecule has 0 radical (unpaired) electrons. The Labute approximate surface area is 150 Å². The number of carbonyl (C=O) groups excluding carboxylic acids is 2. The van der Waals surface area contributed by atoms with E-state index in [4.69, 9.17) is 9.47 Å². The van der Waals surface area contributed by atoms with Crippen LogP contribution in [0, 0.1) is 13.8 Å². The molecule has 1 amide bonds. The first-order chi connectivity index (χ1) is 12.3. The minimum absolute atomic E-state index is 0.0829. The van der Waals surface area contributed by atoms with E-state index in [1.165, 1.54) is 25.1 Å². The molecule has 0 atom stereocenters. The van der Waals surface area contributed by atoms with Gasteiger partial charge in [-0.3, -0.25) is 9.59 Å². The number of aryl methyl sites for hydroxylation is 1. The highest BCUT2D eigenvalue weighted by atomic mass is 16.5. The standard InChI is InChI=1S/C19H19NO6/c1-11-5-4-6-17(12(11)2)25-10-18(22)20-16-8-7-14(26-13(3)21)9-15(16)19(23)24/h4-9H,10H2,1-3H3,(H,20,22)(H,23,24). The van der Waals surface area contributed by atoms with Gasteiger partial charge in [0, 0.05) is 6.92 Å². The monoisotopic (exact) mass is 357 g/mol. The lowest BCUT2D eigenvalue weighted by Gasteiger charge is -2.12. The number of hydrogen-bond acceptors (Lipinski definition) is 5. The van der Waals surface area contributed by atoms with Gasteiger partial charge in [0.2, 0.25) is 0 Å². The average Bonchev–Trinajstić information content (AvgIpc) is 2.57. The molecule has 0 bridgehead atoms. The van der Waals surface area contributed by atoms with Crippen LogP contribution in [-0.2, 0) is 9.59 Å². The Morgan fingerprint density at radius 2 is 1.85 bits per heavy atom. The zero-order chi connectivity index (χ0) is 19.3. The van der Waals surface area contributed by atoms with Gasteiger partial charge in [-0.15, -0.1) is 0 Å². The Balaban J connectivity index is 2.09. The predicted molar refractivity (Wildman–Crippen MR) is 94.8 cm³/mol. The highest BCUT2D eigenvalue weighted by molar-refractivity contribution is 6.01. The van der Waals surface area contributed by atoms with Crippen LogP contribution in [0.2, 0.25) is 0 Å². The molecule has 26 heavy (non-hydrogen) atoms. The molecule has 0 aliphatic heterocycles. The molecule has 7 heteroatoms. The molecule has 0 spiro atoms. The van der Waals surface area contributed by atoms with Crippen molar-refractivity contribution < 1.29 is 29.0 Å². The van der Waals surface area contributed by atoms with Crippen LogP contribution in [0.25, 0.3) is 0 Å². The Morgan fingerprint density at radius 3 is 2.50 bits per heavy atom. The summed E-state index contributed by atoms with van der Waals surface area (Å²) in [5, 5.41) is 11.8. The van der Waals surface area contributed by atoms with Crippen molar-refractivity contribution in [3.8, 4) is 11.5 Å². The summed E-state index contributed by atoms with van der Waals surface area (Å²) < 4.78 is 10.4. The van der Waals surface area contributed by atoms with Crippen molar-refractivity contribution >= 4 is 23.5 Å². The van der Waals surface area contributed by atoms with Crippen LogP contribution >= 0.6 is 0 Å². The first kappa shape index (κ1) is 19.0. The third-order valence-corrected chi connectivity index (χ3v) is 3.67. The maximum atomic E-state index is 12.1. The molecule has 2 aromatic rings. The average molecular weight is 357 g/mol. The number of carboxylic acid groups (broad SMARTS) is 1. The van der Waals surface area contributed by atoms with Gasteiger partial charge in [0.15, 0.2) is 6.61 Å². The lowest BCUT2D eigenvalue weighted by molar-refractivity contribution is -0.131. The number of carbonyl (C=O) groups is 3. The van der Waals surface area contributed by atoms with Gasteiger partial charge < -0.3 is 19.9 Å². The van der Waals surface area contributed by atoms with E-state index in [-0.39, 0.29) is 23.6 Å². The lowest BCUT2D eigenvalue weighted by atomic mass is 10.1. The van der Waals surface area contributed by atoms with Crippen LogP contribution in [0.4, 0.5) is 5.69 Å². The van der Waals surface area contributed by atoms with Gasteiger partial charge in [-0.2, -0.15) is 0 Å². The van der Waals surface area contributed by atoms with Crippen LogP contribution in [0.1, 0.15) is 28.4 Å². The number of benzene rings is 2. The summed E-state index contributed by atoms with van der Waals surface area (Å²) in [6, 6.07) is 9.45. The van der Waals surface area contributed by atoms with Crippen molar-refractivity contribution in [3.63, 3.8) is 0 Å². The number of ether oxygens (including phenoxy) is 2. The predicted octanol–water partition coefficient (Wildman–Crippen LogP) is 2.94. The van der Waals surface area contributed by atoms with E-state index in [2.05, 4.69) is 5.32 Å². The molecule has 2 aromatic carbocycles. The Morgan fingerprint density at radius 1 is 1.12 bits per heavy atom. The molecule has 0 unspecified atom stereocenters. The van der Waals surface area contributed by atoms with Crippen LogP contribution in [0.3, 0.4) is 0 Å². The van der Waals surface area contributed by atoms with Crippen molar-refractivity contribution in [1.29, 1.82) is 0 Å². The number of aromatic carboxylic acids is 1. The third-order valence-electron chi connectivity index (χ3n) is 3.67. The van der Waals surface area contributed by atoms with Crippen molar-refractivity contribution in [3.05, 3.63) is 53.1 Å². The Hall–Kier alpha value is -3.35. The highest BCUT2D eigenvalue weighted by Gasteiger charge is 2.15. The van der Waals surface area contributed by atoms with E-state index in [1.54, 1.807) is 6.07 Å². The van der Waals surface area contributed by atoms with E-state index in [0.717, 1.165) is 11.1 Å². The van der Waals surface area contributed by atoms with E-state index in [9.17, 15) is 19.5 Å². The molecule has 0 heterocycles. The molecule has 0 fully saturated rings. The van der Waals surface area contributed by atoms with E-state index < -0.39 is 17.8 Å². The second kappa shape index (κ2) is 8.15. The van der Waals surface area contributed by atoms with Crippen molar-refractivity contribution in [2.24, 2.45) is 0 Å². The molecule has 0 saturated heterocycles. The number of carboxylic acids is 1. The minimum atomic E-state index is -1.26. The van der Waals surface area contributed by atoms with Crippen molar-refractivity contribution in [2.45, 2.75) is 20.8 Å². The van der Waals surface area contributed by atoms with Crippen LogP contribution in [0.15, 0.2) is 36.4 Å². The second-order valence-electron chi connectivity index (χ2n) is 5.64. The van der Waals surface area contributed by atoms with E-state index in [1.807, 2.05) is 26.0 Å². The summed E-state index contributed by atoms with van der Waals surface area (Å²) in [6.45, 7) is 4.76. The number of nitrogens with one attached hydrogen (secondary N) is 1. The second-order valence-corrected chi connectivity index (χ2v) is 5.64. The fourth-order valence-electron chi connectivity index (χ4n) is 2.25. The number of amides is 1. The van der Waals surface area contributed by atoms with Gasteiger partial charge in [-0.25, -0.2) is 4.79 Å². The van der Waals surface area contributed by atoms with Crippen LogP contribution in [-0.4, -0.2) is 29.6 Å². The molecule has 0 aromatic heterocycles.